The van der Waals surface area contributed by atoms with Crippen LogP contribution in [-0.2, 0) is 13.0 Å². The number of nitrogens with one attached hydrogen (secondary N) is 1. The molecule has 3 aromatic rings. The number of benzene rings is 1. The van der Waals surface area contributed by atoms with Crippen molar-refractivity contribution in [1.82, 2.24) is 9.55 Å². The summed E-state index contributed by atoms with van der Waals surface area (Å²) in [7, 11) is 0. The van der Waals surface area contributed by atoms with Gasteiger partial charge in [0, 0.05) is 37.0 Å². The highest BCUT2D eigenvalue weighted by atomic mass is 16.1. The molecule has 2 aromatic heterocycles. The van der Waals surface area contributed by atoms with E-state index in [1.54, 1.807) is 13.1 Å². The second kappa shape index (κ2) is 9.32. The number of aromatic nitrogens is 2. The maximum Gasteiger partial charge on any atom is 0.261 e. The van der Waals surface area contributed by atoms with E-state index in [9.17, 15) is 14.4 Å². The van der Waals surface area contributed by atoms with Gasteiger partial charge in [0.1, 0.15) is 0 Å². The summed E-state index contributed by atoms with van der Waals surface area (Å²) in [5, 5.41) is 0. The van der Waals surface area contributed by atoms with Crippen molar-refractivity contribution in [3.8, 4) is 0 Å². The summed E-state index contributed by atoms with van der Waals surface area (Å²) >= 11 is 0. The third-order valence-corrected chi connectivity index (χ3v) is 5.00. The maximum atomic E-state index is 12.8. The van der Waals surface area contributed by atoms with Gasteiger partial charge in [-0.25, -0.2) is 0 Å². The molecule has 5 nitrogen and oxygen atoms in total. The lowest BCUT2D eigenvalue weighted by molar-refractivity contribution is 0.0979. The fourth-order valence-electron chi connectivity index (χ4n) is 3.41. The maximum absolute atomic E-state index is 12.8. The van der Waals surface area contributed by atoms with E-state index in [0.29, 0.717) is 24.9 Å². The molecule has 1 N–H and O–H groups in total. The Labute approximate surface area is 170 Å². The minimum atomic E-state index is -0.345. The summed E-state index contributed by atoms with van der Waals surface area (Å²) in [5.41, 5.74) is 3.38. The van der Waals surface area contributed by atoms with Crippen LogP contribution in [0.2, 0.25) is 0 Å². The number of carbonyl (C=O) groups excluding carboxylic acids is 2. The normalized spacial score (nSPS) is 10.8. The van der Waals surface area contributed by atoms with Crippen LogP contribution in [0.1, 0.15) is 63.6 Å². The number of nitrogens with zero attached hydrogens (tertiary/aromatic N) is 1. The Kier molecular flexibility index (Phi) is 6.60. The number of pyridine rings is 1. The van der Waals surface area contributed by atoms with Gasteiger partial charge in [-0.2, -0.15) is 0 Å². The molecule has 0 amide bonds. The molecule has 0 spiro atoms. The minimum absolute atomic E-state index is 0.0521. The monoisotopic (exact) mass is 390 g/mol. The van der Waals surface area contributed by atoms with Crippen molar-refractivity contribution in [2.75, 3.05) is 0 Å². The molecule has 0 aliphatic carbocycles. The Morgan fingerprint density at radius 2 is 1.90 bits per heavy atom. The largest absolute Gasteiger partial charge is 0.367 e. The van der Waals surface area contributed by atoms with Crippen molar-refractivity contribution in [3.63, 3.8) is 0 Å². The Balaban J connectivity index is 1.86. The minimum Gasteiger partial charge on any atom is -0.367 e. The highest BCUT2D eigenvalue weighted by molar-refractivity contribution is 6.00. The van der Waals surface area contributed by atoms with Crippen molar-refractivity contribution >= 4 is 11.6 Å². The molecule has 1 aromatic carbocycles. The molecule has 3 rings (SSSR count). The lowest BCUT2D eigenvalue weighted by Crippen LogP contribution is -2.28. The van der Waals surface area contributed by atoms with Gasteiger partial charge in [-0.3, -0.25) is 14.4 Å². The fourth-order valence-corrected chi connectivity index (χ4v) is 3.41. The van der Waals surface area contributed by atoms with Crippen molar-refractivity contribution in [3.05, 3.63) is 93.2 Å². The Morgan fingerprint density at radius 3 is 2.59 bits per heavy atom. The smallest absolute Gasteiger partial charge is 0.261 e. The van der Waals surface area contributed by atoms with E-state index < -0.39 is 0 Å². The van der Waals surface area contributed by atoms with Crippen LogP contribution in [0.3, 0.4) is 0 Å². The van der Waals surface area contributed by atoms with Crippen LogP contribution in [-0.4, -0.2) is 21.1 Å². The van der Waals surface area contributed by atoms with E-state index in [4.69, 9.17) is 0 Å². The topological polar surface area (TPSA) is 71.9 Å². The number of aryl methyl sites for hydroxylation is 2. The first kappa shape index (κ1) is 20.5. The first-order chi connectivity index (χ1) is 14.0. The van der Waals surface area contributed by atoms with E-state index in [-0.39, 0.29) is 29.1 Å². The highest BCUT2D eigenvalue weighted by Gasteiger charge is 2.16. The van der Waals surface area contributed by atoms with Crippen molar-refractivity contribution < 1.29 is 9.59 Å². The fraction of sp³-hybridized carbons (Fsp3) is 0.292. The van der Waals surface area contributed by atoms with Crippen LogP contribution in [0.25, 0.3) is 0 Å². The van der Waals surface area contributed by atoms with E-state index in [1.807, 2.05) is 49.6 Å². The van der Waals surface area contributed by atoms with Gasteiger partial charge < -0.3 is 9.55 Å². The zero-order valence-corrected chi connectivity index (χ0v) is 16.9. The summed E-state index contributed by atoms with van der Waals surface area (Å²) in [5.74, 6) is -0.293. The Bertz CT molecular complexity index is 1060. The molecule has 0 radical (unpaired) electrons. The van der Waals surface area contributed by atoms with Gasteiger partial charge in [0.2, 0.25) is 0 Å². The zero-order valence-electron chi connectivity index (χ0n) is 16.9. The SMILES string of the molecule is CCC(=O)c1cc(C(=O)CCCc2cc[nH]c2)cn(Cc2cccc(C)c2)c1=O. The van der Waals surface area contributed by atoms with E-state index >= 15 is 0 Å². The van der Waals surface area contributed by atoms with Crippen LogP contribution in [0.15, 0.2) is 59.8 Å². The summed E-state index contributed by atoms with van der Waals surface area (Å²) in [6, 6.07) is 11.3. The highest BCUT2D eigenvalue weighted by Crippen LogP contribution is 2.12. The van der Waals surface area contributed by atoms with Gasteiger partial charge in [-0.15, -0.1) is 0 Å². The predicted molar refractivity (Wildman–Crippen MR) is 114 cm³/mol. The molecule has 0 saturated carbocycles. The molecular weight excluding hydrogens is 364 g/mol. The molecule has 0 bridgehead atoms. The average Bonchev–Trinajstić information content (AvgIpc) is 3.22. The molecule has 150 valence electrons. The first-order valence-electron chi connectivity index (χ1n) is 9.96. The second-order valence-electron chi connectivity index (χ2n) is 7.34. The molecule has 0 aliphatic rings. The number of hydrogen-bond donors (Lipinski definition) is 1. The quantitative estimate of drug-likeness (QED) is 0.553. The molecule has 5 heteroatoms. The number of carbonyl (C=O) groups is 2. The first-order valence-corrected chi connectivity index (χ1v) is 9.96. The van der Waals surface area contributed by atoms with Crippen molar-refractivity contribution in [2.24, 2.45) is 0 Å². The summed E-state index contributed by atoms with van der Waals surface area (Å²) in [4.78, 5) is 40.9. The lowest BCUT2D eigenvalue weighted by Gasteiger charge is -2.11. The standard InChI is InChI=1S/C24H26N2O3/c1-3-22(27)21-13-20(23(28)9-5-7-18-10-11-25-14-18)16-26(24(21)29)15-19-8-4-6-17(2)12-19/h4,6,8,10-14,16,25H,3,5,7,9,15H2,1-2H3. The van der Waals surface area contributed by atoms with Gasteiger partial charge in [0.05, 0.1) is 12.1 Å². The van der Waals surface area contributed by atoms with Gasteiger partial charge in [-0.1, -0.05) is 36.8 Å². The molecule has 0 unspecified atom stereocenters. The van der Waals surface area contributed by atoms with E-state index in [1.165, 1.54) is 10.6 Å². The van der Waals surface area contributed by atoms with Crippen LogP contribution in [0.4, 0.5) is 0 Å². The molecule has 0 saturated heterocycles. The van der Waals surface area contributed by atoms with Crippen LogP contribution >= 0.6 is 0 Å². The number of ketones is 2. The molecular formula is C24H26N2O3. The predicted octanol–water partition coefficient (Wildman–Crippen LogP) is 4.33. The van der Waals surface area contributed by atoms with Crippen LogP contribution in [0, 0.1) is 6.92 Å². The summed E-state index contributed by atoms with van der Waals surface area (Å²) in [6.07, 6.45) is 7.49. The lowest BCUT2D eigenvalue weighted by atomic mass is 10.0. The average molecular weight is 390 g/mol. The van der Waals surface area contributed by atoms with Crippen molar-refractivity contribution in [2.45, 2.75) is 46.1 Å². The molecule has 29 heavy (non-hydrogen) atoms. The van der Waals surface area contributed by atoms with Gasteiger partial charge in [-0.05, 0) is 43.0 Å². The number of aromatic amines is 1. The van der Waals surface area contributed by atoms with Gasteiger partial charge in [0.25, 0.3) is 5.56 Å². The Morgan fingerprint density at radius 1 is 1.07 bits per heavy atom. The van der Waals surface area contributed by atoms with Gasteiger partial charge >= 0.3 is 0 Å². The van der Waals surface area contributed by atoms with Gasteiger partial charge in [0.15, 0.2) is 11.6 Å². The molecule has 0 atom stereocenters. The van der Waals surface area contributed by atoms with Crippen molar-refractivity contribution in [1.29, 1.82) is 0 Å². The molecule has 0 fully saturated rings. The number of rotatable bonds is 9. The third-order valence-electron chi connectivity index (χ3n) is 5.00. The Hall–Kier alpha value is -3.21. The number of hydrogen-bond acceptors (Lipinski definition) is 3. The molecule has 0 aliphatic heterocycles. The number of H-pyrrole nitrogens is 1. The van der Waals surface area contributed by atoms with Crippen LogP contribution < -0.4 is 5.56 Å². The third kappa shape index (κ3) is 5.19. The van der Waals surface area contributed by atoms with E-state index in [0.717, 1.165) is 23.1 Å². The zero-order chi connectivity index (χ0) is 20.8. The molecule has 2 heterocycles. The number of Topliss-reactive ketones (excluding diaryl/α,β-unsaturated/α-hetero) is 2. The summed E-state index contributed by atoms with van der Waals surface area (Å²) < 4.78 is 1.48. The summed E-state index contributed by atoms with van der Waals surface area (Å²) in [6.45, 7) is 4.04. The van der Waals surface area contributed by atoms with E-state index in [2.05, 4.69) is 4.98 Å². The van der Waals surface area contributed by atoms with Crippen LogP contribution in [0.5, 0.6) is 0 Å². The second-order valence-corrected chi connectivity index (χ2v) is 7.34.